The number of thiazole rings is 1. The summed E-state index contributed by atoms with van der Waals surface area (Å²) in [7, 11) is -3.92. The molecule has 0 saturated carbocycles. The molecule has 3 aromatic rings. The van der Waals surface area contributed by atoms with Crippen molar-refractivity contribution in [2.24, 2.45) is 16.5 Å². The molecule has 0 atom stereocenters. The number of aromatic nitrogens is 1. The molecule has 9 heteroatoms. The third-order valence-corrected chi connectivity index (χ3v) is 6.08. The van der Waals surface area contributed by atoms with E-state index in [0.717, 1.165) is 11.1 Å². The number of hydrogen-bond acceptors (Lipinski definition) is 6. The highest BCUT2D eigenvalue weighted by Gasteiger charge is 2.19. The van der Waals surface area contributed by atoms with Crippen LogP contribution in [-0.2, 0) is 15.5 Å². The summed E-state index contributed by atoms with van der Waals surface area (Å²) in [6.07, 6.45) is 0. The molecule has 3 rings (SSSR count). The lowest BCUT2D eigenvalue weighted by Gasteiger charge is -2.19. The van der Waals surface area contributed by atoms with E-state index < -0.39 is 10.1 Å². The standard InChI is InChI=1S/C20H22N4O3S2/c1-20(2,3)14-6-10-16(11-7-14)29(25,26)27-15-8-4-13(5-9-15)17-12-28-19(23-17)24-18(21)22/h4-12H,1-3H3,(H4,21,22,23,24). The largest absolute Gasteiger partial charge is 0.379 e. The fourth-order valence-corrected chi connectivity index (χ4v) is 4.18. The molecule has 0 unspecified atom stereocenters. The van der Waals surface area contributed by atoms with Gasteiger partial charge in [0.05, 0.1) is 5.69 Å². The number of benzene rings is 2. The molecule has 0 saturated heterocycles. The Balaban J connectivity index is 1.76. The van der Waals surface area contributed by atoms with Gasteiger partial charge in [-0.3, -0.25) is 0 Å². The van der Waals surface area contributed by atoms with Crippen LogP contribution in [0.15, 0.2) is 63.8 Å². The second-order valence-corrected chi connectivity index (χ2v) is 9.77. The molecule has 29 heavy (non-hydrogen) atoms. The topological polar surface area (TPSA) is 121 Å². The molecular formula is C20H22N4O3S2. The van der Waals surface area contributed by atoms with Gasteiger partial charge in [0.2, 0.25) is 5.13 Å². The summed E-state index contributed by atoms with van der Waals surface area (Å²) in [5.41, 5.74) is 13.2. The van der Waals surface area contributed by atoms with Crippen LogP contribution in [0.4, 0.5) is 5.13 Å². The minimum absolute atomic E-state index is 0.0598. The monoisotopic (exact) mass is 430 g/mol. The van der Waals surface area contributed by atoms with Gasteiger partial charge in [-0.15, -0.1) is 11.3 Å². The van der Waals surface area contributed by atoms with Crippen molar-refractivity contribution >= 4 is 32.5 Å². The van der Waals surface area contributed by atoms with E-state index in [1.807, 2.05) is 5.38 Å². The summed E-state index contributed by atoms with van der Waals surface area (Å²) >= 11 is 1.30. The minimum Gasteiger partial charge on any atom is -0.379 e. The fourth-order valence-electron chi connectivity index (χ4n) is 2.54. The number of hydrogen-bond donors (Lipinski definition) is 2. The van der Waals surface area contributed by atoms with Crippen LogP contribution in [-0.4, -0.2) is 19.4 Å². The van der Waals surface area contributed by atoms with Crippen molar-refractivity contribution in [1.82, 2.24) is 4.98 Å². The average Bonchev–Trinajstić information content (AvgIpc) is 3.09. The van der Waals surface area contributed by atoms with E-state index in [2.05, 4.69) is 30.7 Å². The van der Waals surface area contributed by atoms with Gasteiger partial charge in [-0.1, -0.05) is 32.9 Å². The van der Waals surface area contributed by atoms with E-state index in [0.29, 0.717) is 10.8 Å². The van der Waals surface area contributed by atoms with E-state index in [1.165, 1.54) is 11.3 Å². The van der Waals surface area contributed by atoms with Crippen LogP contribution in [0.3, 0.4) is 0 Å². The smallest absolute Gasteiger partial charge is 0.339 e. The van der Waals surface area contributed by atoms with Crippen LogP contribution in [0.5, 0.6) is 5.75 Å². The number of guanidine groups is 1. The molecule has 152 valence electrons. The zero-order chi connectivity index (χ0) is 21.2. The summed E-state index contributed by atoms with van der Waals surface area (Å²) < 4.78 is 30.4. The summed E-state index contributed by atoms with van der Waals surface area (Å²) in [6, 6.07) is 13.3. The van der Waals surface area contributed by atoms with Crippen LogP contribution in [0.25, 0.3) is 11.3 Å². The minimum atomic E-state index is -3.92. The molecule has 1 aromatic heterocycles. The first-order valence-corrected chi connectivity index (χ1v) is 11.0. The van der Waals surface area contributed by atoms with Crippen molar-refractivity contribution in [3.63, 3.8) is 0 Å². The molecule has 7 nitrogen and oxygen atoms in total. The van der Waals surface area contributed by atoms with Gasteiger partial charge in [0.1, 0.15) is 10.6 Å². The molecule has 0 aliphatic carbocycles. The normalized spacial score (nSPS) is 11.8. The zero-order valence-corrected chi connectivity index (χ0v) is 17.9. The van der Waals surface area contributed by atoms with Gasteiger partial charge >= 0.3 is 10.1 Å². The maximum atomic E-state index is 12.6. The molecule has 0 aliphatic heterocycles. The Labute approximate surface area is 174 Å². The predicted octanol–water partition coefficient (Wildman–Crippen LogP) is 3.78. The van der Waals surface area contributed by atoms with Crippen LogP contribution in [0, 0.1) is 0 Å². The maximum absolute atomic E-state index is 12.6. The second-order valence-electron chi connectivity index (χ2n) is 7.39. The number of nitrogens with two attached hydrogens (primary N) is 2. The highest BCUT2D eigenvalue weighted by Crippen LogP contribution is 2.29. The lowest BCUT2D eigenvalue weighted by atomic mass is 9.87. The fraction of sp³-hybridized carbons (Fsp3) is 0.200. The first-order valence-electron chi connectivity index (χ1n) is 8.75. The molecular weight excluding hydrogens is 408 g/mol. The molecule has 0 amide bonds. The first-order chi connectivity index (χ1) is 13.5. The van der Waals surface area contributed by atoms with Crippen molar-refractivity contribution in [1.29, 1.82) is 0 Å². The number of rotatable bonds is 5. The lowest BCUT2D eigenvalue weighted by Crippen LogP contribution is -2.21. The van der Waals surface area contributed by atoms with E-state index in [1.54, 1.807) is 48.5 Å². The van der Waals surface area contributed by atoms with E-state index in [-0.39, 0.29) is 22.0 Å². The Kier molecular flexibility index (Phi) is 5.63. The summed E-state index contributed by atoms with van der Waals surface area (Å²) in [5.74, 6) is 0.156. The van der Waals surface area contributed by atoms with Crippen LogP contribution in [0.1, 0.15) is 26.3 Å². The molecule has 1 heterocycles. The quantitative estimate of drug-likeness (QED) is 0.361. The average molecular weight is 431 g/mol. The van der Waals surface area contributed by atoms with E-state index in [9.17, 15) is 8.42 Å². The maximum Gasteiger partial charge on any atom is 0.339 e. The van der Waals surface area contributed by atoms with Gasteiger partial charge in [0, 0.05) is 10.9 Å². The first kappa shape index (κ1) is 20.8. The van der Waals surface area contributed by atoms with Gasteiger partial charge in [0.15, 0.2) is 5.96 Å². The third-order valence-electron chi connectivity index (χ3n) is 4.08. The molecule has 0 aliphatic rings. The molecule has 4 N–H and O–H groups in total. The summed E-state index contributed by atoms with van der Waals surface area (Å²) in [5, 5.41) is 2.26. The summed E-state index contributed by atoms with van der Waals surface area (Å²) in [4.78, 5) is 8.32. The second kappa shape index (κ2) is 7.84. The SMILES string of the molecule is CC(C)(C)c1ccc(S(=O)(=O)Oc2ccc(-c3csc(N=C(N)N)n3)cc2)cc1. The van der Waals surface area contributed by atoms with Crippen molar-refractivity contribution in [3.05, 3.63) is 59.5 Å². The van der Waals surface area contributed by atoms with Gasteiger partial charge in [0.25, 0.3) is 0 Å². The highest BCUT2D eigenvalue weighted by atomic mass is 32.2. The Morgan fingerprint density at radius 1 is 1.03 bits per heavy atom. The highest BCUT2D eigenvalue weighted by molar-refractivity contribution is 7.87. The van der Waals surface area contributed by atoms with Gasteiger partial charge < -0.3 is 15.7 Å². The molecule has 0 radical (unpaired) electrons. The Bertz CT molecular complexity index is 1120. The molecule has 0 spiro atoms. The Morgan fingerprint density at radius 3 is 2.21 bits per heavy atom. The van der Waals surface area contributed by atoms with Gasteiger partial charge in [-0.05, 0) is 47.4 Å². The van der Waals surface area contributed by atoms with Crippen molar-refractivity contribution in [2.45, 2.75) is 31.1 Å². The molecule has 0 fully saturated rings. The van der Waals surface area contributed by atoms with E-state index >= 15 is 0 Å². The third kappa shape index (κ3) is 5.12. The Morgan fingerprint density at radius 2 is 1.66 bits per heavy atom. The van der Waals surface area contributed by atoms with Gasteiger partial charge in [-0.2, -0.15) is 13.4 Å². The van der Waals surface area contributed by atoms with Crippen LogP contribution >= 0.6 is 11.3 Å². The van der Waals surface area contributed by atoms with Crippen molar-refractivity contribution < 1.29 is 12.6 Å². The predicted molar refractivity (Wildman–Crippen MR) is 116 cm³/mol. The lowest BCUT2D eigenvalue weighted by molar-refractivity contribution is 0.486. The summed E-state index contributed by atoms with van der Waals surface area (Å²) in [6.45, 7) is 6.20. The van der Waals surface area contributed by atoms with E-state index in [4.69, 9.17) is 15.7 Å². The van der Waals surface area contributed by atoms with Crippen LogP contribution < -0.4 is 15.7 Å². The number of aliphatic imine (C=N–C) groups is 1. The Hall–Kier alpha value is -2.91. The zero-order valence-electron chi connectivity index (χ0n) is 16.3. The van der Waals surface area contributed by atoms with Crippen molar-refractivity contribution in [3.8, 4) is 17.0 Å². The van der Waals surface area contributed by atoms with Crippen molar-refractivity contribution in [2.75, 3.05) is 0 Å². The molecule has 2 aromatic carbocycles. The molecule has 0 bridgehead atoms. The van der Waals surface area contributed by atoms with Gasteiger partial charge in [-0.25, -0.2) is 4.98 Å². The number of nitrogens with zero attached hydrogens (tertiary/aromatic N) is 2. The van der Waals surface area contributed by atoms with Crippen LogP contribution in [0.2, 0.25) is 0 Å².